The Morgan fingerprint density at radius 2 is 1.70 bits per heavy atom. The second-order valence-corrected chi connectivity index (χ2v) is 10.6. The zero-order valence-corrected chi connectivity index (χ0v) is 20.5. The van der Waals surface area contributed by atoms with E-state index in [1.807, 2.05) is 19.9 Å². The van der Waals surface area contributed by atoms with Crippen LogP contribution in [0.3, 0.4) is 0 Å². The standard InChI is InChI=1S/C24H32N4O4S/c1-17(2)32-24-21-7-5-6-8-22(21)25-23(26-24)18(3)27-13-15-28(16-14-27)33(29,30)20-11-9-19(31-4)10-12-20/h5,7,9-12,17-18H,6,8,13-16H2,1-4H3. The summed E-state index contributed by atoms with van der Waals surface area (Å²) < 4.78 is 38.8. The number of hydrogen-bond acceptors (Lipinski definition) is 7. The molecule has 0 bridgehead atoms. The molecule has 33 heavy (non-hydrogen) atoms. The quantitative estimate of drug-likeness (QED) is 0.611. The Labute approximate surface area is 196 Å². The highest BCUT2D eigenvalue weighted by molar-refractivity contribution is 7.89. The summed E-state index contributed by atoms with van der Waals surface area (Å²) in [7, 11) is -1.98. The summed E-state index contributed by atoms with van der Waals surface area (Å²) in [4.78, 5) is 12.1. The molecule has 2 aromatic rings. The third kappa shape index (κ3) is 5.05. The Morgan fingerprint density at radius 1 is 1.00 bits per heavy atom. The van der Waals surface area contributed by atoms with E-state index < -0.39 is 10.0 Å². The fraction of sp³-hybridized carbons (Fsp3) is 0.500. The van der Waals surface area contributed by atoms with Crippen LogP contribution in [0.5, 0.6) is 11.6 Å². The van der Waals surface area contributed by atoms with E-state index in [-0.39, 0.29) is 17.0 Å². The molecule has 1 aliphatic carbocycles. The number of fused-ring (bicyclic) bond motifs is 1. The maximum atomic E-state index is 13.1. The molecule has 1 atom stereocenters. The van der Waals surface area contributed by atoms with E-state index in [2.05, 4.69) is 17.9 Å². The van der Waals surface area contributed by atoms with Gasteiger partial charge < -0.3 is 9.47 Å². The summed E-state index contributed by atoms with van der Waals surface area (Å²) in [5.41, 5.74) is 1.99. The lowest BCUT2D eigenvalue weighted by Crippen LogP contribution is -2.49. The topological polar surface area (TPSA) is 84.9 Å². The van der Waals surface area contributed by atoms with Gasteiger partial charge in [0.1, 0.15) is 11.6 Å². The molecule has 4 rings (SSSR count). The largest absolute Gasteiger partial charge is 0.497 e. The highest BCUT2D eigenvalue weighted by atomic mass is 32.2. The average Bonchev–Trinajstić information content (AvgIpc) is 2.83. The molecule has 0 saturated carbocycles. The fourth-order valence-electron chi connectivity index (χ4n) is 4.18. The van der Waals surface area contributed by atoms with Gasteiger partial charge in [-0.2, -0.15) is 9.29 Å². The summed E-state index contributed by atoms with van der Waals surface area (Å²) in [6.45, 7) is 8.12. The van der Waals surface area contributed by atoms with E-state index in [1.165, 1.54) is 0 Å². The number of aromatic nitrogens is 2. The van der Waals surface area contributed by atoms with E-state index in [0.717, 1.165) is 29.9 Å². The molecule has 1 fully saturated rings. The van der Waals surface area contributed by atoms with Crippen molar-refractivity contribution in [3.05, 3.63) is 47.4 Å². The van der Waals surface area contributed by atoms with Crippen LogP contribution in [0.25, 0.3) is 6.08 Å². The Bertz CT molecular complexity index is 1110. The molecule has 2 heterocycles. The van der Waals surface area contributed by atoms with Gasteiger partial charge in [0.2, 0.25) is 15.9 Å². The third-order valence-corrected chi connectivity index (χ3v) is 7.99. The van der Waals surface area contributed by atoms with Gasteiger partial charge in [0.25, 0.3) is 0 Å². The number of ether oxygens (including phenoxy) is 2. The van der Waals surface area contributed by atoms with Gasteiger partial charge in [0.05, 0.1) is 35.4 Å². The SMILES string of the molecule is COc1ccc(S(=O)(=O)N2CCN(C(C)c3nc4c(c(OC(C)C)n3)C=CCC4)CC2)cc1. The molecule has 8 nitrogen and oxygen atoms in total. The molecule has 9 heteroatoms. The number of rotatable bonds is 7. The monoisotopic (exact) mass is 472 g/mol. The van der Waals surface area contributed by atoms with Crippen molar-refractivity contribution in [3.8, 4) is 11.6 Å². The lowest BCUT2D eigenvalue weighted by molar-refractivity contribution is 0.139. The average molecular weight is 473 g/mol. The maximum Gasteiger partial charge on any atom is 0.243 e. The maximum absolute atomic E-state index is 13.1. The molecule has 1 aliphatic heterocycles. The molecule has 1 unspecified atom stereocenters. The first-order valence-corrected chi connectivity index (χ1v) is 12.9. The molecule has 1 aromatic heterocycles. The van der Waals surface area contributed by atoms with Gasteiger partial charge in [0.15, 0.2) is 0 Å². The van der Waals surface area contributed by atoms with Crippen LogP contribution in [0, 0.1) is 0 Å². The Hall–Kier alpha value is -2.49. The van der Waals surface area contributed by atoms with Crippen molar-refractivity contribution in [2.45, 2.75) is 50.7 Å². The Balaban J connectivity index is 1.48. The zero-order valence-electron chi connectivity index (χ0n) is 19.7. The van der Waals surface area contributed by atoms with Gasteiger partial charge >= 0.3 is 0 Å². The van der Waals surface area contributed by atoms with Gasteiger partial charge in [-0.25, -0.2) is 13.4 Å². The molecule has 0 radical (unpaired) electrons. The fourth-order valence-corrected chi connectivity index (χ4v) is 5.60. The van der Waals surface area contributed by atoms with E-state index in [0.29, 0.717) is 37.8 Å². The van der Waals surface area contributed by atoms with E-state index in [4.69, 9.17) is 19.4 Å². The van der Waals surface area contributed by atoms with Gasteiger partial charge in [0, 0.05) is 26.2 Å². The van der Waals surface area contributed by atoms with Crippen LogP contribution in [0.2, 0.25) is 0 Å². The number of allylic oxidation sites excluding steroid dienone is 1. The number of nitrogens with zero attached hydrogens (tertiary/aromatic N) is 4. The summed E-state index contributed by atoms with van der Waals surface area (Å²) in [5.74, 6) is 1.99. The van der Waals surface area contributed by atoms with Crippen LogP contribution in [0.15, 0.2) is 35.2 Å². The van der Waals surface area contributed by atoms with Crippen LogP contribution in [0.1, 0.15) is 50.3 Å². The number of sulfonamides is 1. The normalized spacial score (nSPS) is 18.2. The van der Waals surface area contributed by atoms with Crippen LogP contribution >= 0.6 is 0 Å². The molecule has 0 amide bonds. The lowest BCUT2D eigenvalue weighted by atomic mass is 10.0. The van der Waals surface area contributed by atoms with Crippen LogP contribution in [0.4, 0.5) is 0 Å². The first kappa shape index (κ1) is 23.7. The summed E-state index contributed by atoms with van der Waals surface area (Å²) in [6.07, 6.45) is 6.03. The minimum absolute atomic E-state index is 0.0224. The molecule has 1 saturated heterocycles. The lowest BCUT2D eigenvalue weighted by Gasteiger charge is -2.37. The van der Waals surface area contributed by atoms with Gasteiger partial charge in [-0.05, 0) is 57.9 Å². The second-order valence-electron chi connectivity index (χ2n) is 8.65. The van der Waals surface area contributed by atoms with Crippen molar-refractivity contribution < 1.29 is 17.9 Å². The predicted octanol–water partition coefficient (Wildman–Crippen LogP) is 3.30. The molecule has 2 aliphatic rings. The van der Waals surface area contributed by atoms with Crippen molar-refractivity contribution in [3.63, 3.8) is 0 Å². The number of benzene rings is 1. The van der Waals surface area contributed by atoms with Crippen LogP contribution in [-0.4, -0.2) is 67.0 Å². The van der Waals surface area contributed by atoms with Crippen molar-refractivity contribution in [1.82, 2.24) is 19.2 Å². The number of hydrogen-bond donors (Lipinski definition) is 0. The molecular formula is C24H32N4O4S. The molecular weight excluding hydrogens is 440 g/mol. The third-order valence-electron chi connectivity index (χ3n) is 6.08. The van der Waals surface area contributed by atoms with Crippen LogP contribution in [-0.2, 0) is 16.4 Å². The highest BCUT2D eigenvalue weighted by Crippen LogP contribution is 2.30. The van der Waals surface area contributed by atoms with Crippen molar-refractivity contribution in [2.24, 2.45) is 0 Å². The first-order chi connectivity index (χ1) is 15.8. The summed E-state index contributed by atoms with van der Waals surface area (Å²) in [6, 6.07) is 6.49. The minimum atomic E-state index is -3.54. The smallest absolute Gasteiger partial charge is 0.243 e. The minimum Gasteiger partial charge on any atom is -0.497 e. The molecule has 0 spiro atoms. The summed E-state index contributed by atoms with van der Waals surface area (Å²) in [5, 5.41) is 0. The summed E-state index contributed by atoms with van der Waals surface area (Å²) >= 11 is 0. The van der Waals surface area contributed by atoms with Gasteiger partial charge in [-0.15, -0.1) is 0 Å². The Kier molecular flexibility index (Phi) is 7.02. The second kappa shape index (κ2) is 9.79. The van der Waals surface area contributed by atoms with Crippen molar-refractivity contribution in [2.75, 3.05) is 33.3 Å². The molecule has 0 N–H and O–H groups in total. The first-order valence-electron chi connectivity index (χ1n) is 11.4. The zero-order chi connectivity index (χ0) is 23.6. The van der Waals surface area contributed by atoms with Crippen molar-refractivity contribution >= 4 is 16.1 Å². The number of aryl methyl sites for hydroxylation is 1. The number of piperazine rings is 1. The molecule has 178 valence electrons. The van der Waals surface area contributed by atoms with E-state index in [9.17, 15) is 8.42 Å². The van der Waals surface area contributed by atoms with Gasteiger partial charge in [-0.1, -0.05) is 12.2 Å². The van der Waals surface area contributed by atoms with Crippen LogP contribution < -0.4 is 9.47 Å². The van der Waals surface area contributed by atoms with Crippen molar-refractivity contribution in [1.29, 1.82) is 0 Å². The number of methoxy groups -OCH3 is 1. The van der Waals surface area contributed by atoms with E-state index in [1.54, 1.807) is 35.7 Å². The van der Waals surface area contributed by atoms with E-state index >= 15 is 0 Å². The Morgan fingerprint density at radius 3 is 2.33 bits per heavy atom. The highest BCUT2D eigenvalue weighted by Gasteiger charge is 2.31. The predicted molar refractivity (Wildman–Crippen MR) is 127 cm³/mol. The van der Waals surface area contributed by atoms with Gasteiger partial charge in [-0.3, -0.25) is 4.90 Å². The molecule has 1 aromatic carbocycles.